The number of hydrogen-bond acceptors (Lipinski definition) is 4. The molecule has 0 amide bonds. The monoisotopic (exact) mass is 430 g/mol. The van der Waals surface area contributed by atoms with Gasteiger partial charge in [-0.05, 0) is 60.7 Å². The molecule has 7 heteroatoms. The van der Waals surface area contributed by atoms with Crippen molar-refractivity contribution < 1.29 is 0 Å². The number of fused-ring (bicyclic) bond motifs is 3. The van der Waals surface area contributed by atoms with E-state index in [0.29, 0.717) is 5.92 Å². The summed E-state index contributed by atoms with van der Waals surface area (Å²) < 4.78 is 3.94. The lowest BCUT2D eigenvalue weighted by atomic mass is 9.92. The second kappa shape index (κ2) is 7.24. The maximum Gasteiger partial charge on any atom is 0.0937 e. The Morgan fingerprint density at radius 3 is 2.61 bits per heavy atom. The van der Waals surface area contributed by atoms with Gasteiger partial charge in [-0.25, -0.2) is 4.68 Å². The van der Waals surface area contributed by atoms with Gasteiger partial charge in [-0.3, -0.25) is 4.68 Å². The molecule has 6 nitrogen and oxygen atoms in total. The molecule has 2 aromatic carbocycles. The van der Waals surface area contributed by atoms with Crippen molar-refractivity contribution in [1.29, 1.82) is 0 Å². The third kappa shape index (κ3) is 3.41. The number of rotatable bonds is 4. The highest BCUT2D eigenvalue weighted by molar-refractivity contribution is 6.30. The molecule has 1 unspecified atom stereocenters. The van der Waals surface area contributed by atoms with Crippen LogP contribution in [0.4, 0.5) is 5.69 Å². The predicted octanol–water partition coefficient (Wildman–Crippen LogP) is 5.43. The molecule has 3 heterocycles. The lowest BCUT2D eigenvalue weighted by molar-refractivity contribution is 0.539. The molecule has 1 atom stereocenters. The zero-order valence-corrected chi connectivity index (χ0v) is 18.0. The van der Waals surface area contributed by atoms with E-state index in [4.69, 9.17) is 11.6 Å². The summed E-state index contributed by atoms with van der Waals surface area (Å²) in [5, 5.41) is 17.9. The molecule has 4 aromatic rings. The molecule has 156 valence electrons. The van der Waals surface area contributed by atoms with Crippen molar-refractivity contribution in [3.8, 4) is 22.4 Å². The normalized spacial score (nSPS) is 17.7. The van der Waals surface area contributed by atoms with Gasteiger partial charge in [0.1, 0.15) is 0 Å². The van der Waals surface area contributed by atoms with E-state index in [1.54, 1.807) is 0 Å². The fourth-order valence-corrected chi connectivity index (χ4v) is 4.64. The van der Waals surface area contributed by atoms with E-state index >= 15 is 0 Å². The number of nitrogens with one attached hydrogen (secondary N) is 1. The Morgan fingerprint density at radius 1 is 1.03 bits per heavy atom. The maximum absolute atomic E-state index is 6.10. The van der Waals surface area contributed by atoms with Crippen molar-refractivity contribution in [1.82, 2.24) is 24.8 Å². The van der Waals surface area contributed by atoms with Crippen molar-refractivity contribution in [2.75, 3.05) is 5.32 Å². The summed E-state index contributed by atoms with van der Waals surface area (Å²) in [4.78, 5) is 0. The summed E-state index contributed by atoms with van der Waals surface area (Å²) in [6.07, 6.45) is 7.32. The second-order valence-electron chi connectivity index (χ2n) is 8.52. The van der Waals surface area contributed by atoms with E-state index in [1.165, 1.54) is 35.2 Å². The minimum Gasteiger partial charge on any atom is -0.378 e. The quantitative estimate of drug-likeness (QED) is 0.468. The number of aromatic nitrogens is 5. The Morgan fingerprint density at radius 2 is 1.87 bits per heavy atom. The van der Waals surface area contributed by atoms with Crippen LogP contribution in [0.1, 0.15) is 42.5 Å². The first-order chi connectivity index (χ1) is 15.2. The van der Waals surface area contributed by atoms with Crippen LogP contribution in [0.2, 0.25) is 5.02 Å². The molecule has 1 saturated carbocycles. The van der Waals surface area contributed by atoms with Gasteiger partial charge in [0.2, 0.25) is 0 Å². The number of hydrogen-bond donors (Lipinski definition) is 1. The van der Waals surface area contributed by atoms with E-state index in [9.17, 15) is 0 Å². The topological polar surface area (TPSA) is 60.6 Å². The molecular weight excluding hydrogens is 408 g/mol. The first-order valence-corrected chi connectivity index (χ1v) is 11.1. The van der Waals surface area contributed by atoms with Crippen LogP contribution >= 0.6 is 11.6 Å². The number of benzene rings is 2. The molecule has 0 bridgehead atoms. The molecule has 1 fully saturated rings. The van der Waals surface area contributed by atoms with Gasteiger partial charge in [0.05, 0.1) is 23.6 Å². The largest absolute Gasteiger partial charge is 0.378 e. The van der Waals surface area contributed by atoms with E-state index in [1.807, 2.05) is 42.2 Å². The molecule has 6 rings (SSSR count). The van der Waals surface area contributed by atoms with Crippen molar-refractivity contribution in [3.63, 3.8) is 0 Å². The van der Waals surface area contributed by atoms with Gasteiger partial charge >= 0.3 is 0 Å². The van der Waals surface area contributed by atoms with Crippen molar-refractivity contribution in [2.24, 2.45) is 7.05 Å². The van der Waals surface area contributed by atoms with Crippen molar-refractivity contribution in [2.45, 2.75) is 37.8 Å². The molecule has 1 aliphatic carbocycles. The van der Waals surface area contributed by atoms with Crippen LogP contribution in [0.5, 0.6) is 0 Å². The van der Waals surface area contributed by atoms with Crippen LogP contribution in [-0.2, 0) is 13.6 Å². The van der Waals surface area contributed by atoms with Gasteiger partial charge in [0, 0.05) is 47.5 Å². The third-order valence-corrected chi connectivity index (χ3v) is 6.51. The molecule has 0 radical (unpaired) electrons. The highest BCUT2D eigenvalue weighted by Crippen LogP contribution is 2.46. The van der Waals surface area contributed by atoms with Crippen LogP contribution < -0.4 is 5.32 Å². The van der Waals surface area contributed by atoms with Crippen LogP contribution in [0.3, 0.4) is 0 Å². The number of nitrogens with zero attached hydrogens (tertiary/aromatic N) is 5. The molecule has 1 aliphatic heterocycles. The minimum atomic E-state index is 0.154. The standard InChI is InChI=1S/C24H23ClN6/c1-30-14-17(13-26-30)16-4-9-20-21(12-16)22(27-19-7-5-18(25)6-8-19)10-11-31-24(20)23(28-29-31)15-2-3-15/h4-9,12-15,22,27H,2-3,10-11H2,1H3. The fraction of sp³-hybridized carbons (Fsp3) is 0.292. The fourth-order valence-electron chi connectivity index (χ4n) is 4.51. The lowest BCUT2D eigenvalue weighted by Gasteiger charge is -2.21. The summed E-state index contributed by atoms with van der Waals surface area (Å²) in [5.41, 5.74) is 8.20. The van der Waals surface area contributed by atoms with Crippen LogP contribution in [-0.4, -0.2) is 24.8 Å². The summed E-state index contributed by atoms with van der Waals surface area (Å²) in [6, 6.07) is 14.8. The average Bonchev–Trinajstić information content (AvgIpc) is 3.43. The molecule has 2 aromatic heterocycles. The third-order valence-electron chi connectivity index (χ3n) is 6.26. The van der Waals surface area contributed by atoms with E-state index in [0.717, 1.165) is 34.9 Å². The average molecular weight is 431 g/mol. The summed E-state index contributed by atoms with van der Waals surface area (Å²) in [7, 11) is 1.95. The lowest BCUT2D eigenvalue weighted by Crippen LogP contribution is -2.12. The summed E-state index contributed by atoms with van der Waals surface area (Å²) >= 11 is 6.10. The van der Waals surface area contributed by atoms with Crippen LogP contribution in [0.15, 0.2) is 54.9 Å². The van der Waals surface area contributed by atoms with Gasteiger partial charge in [0.25, 0.3) is 0 Å². The zero-order chi connectivity index (χ0) is 20.9. The highest BCUT2D eigenvalue weighted by atomic mass is 35.5. The molecule has 1 N–H and O–H groups in total. The minimum absolute atomic E-state index is 0.154. The van der Waals surface area contributed by atoms with Crippen molar-refractivity contribution in [3.05, 3.63) is 71.1 Å². The highest BCUT2D eigenvalue weighted by Gasteiger charge is 2.34. The number of anilines is 1. The summed E-state index contributed by atoms with van der Waals surface area (Å²) in [6.45, 7) is 0.831. The molecule has 2 aliphatic rings. The first-order valence-electron chi connectivity index (χ1n) is 10.7. The summed E-state index contributed by atoms with van der Waals surface area (Å²) in [5.74, 6) is 0.551. The Balaban J connectivity index is 1.48. The number of halogens is 1. The molecular formula is C24H23ClN6. The van der Waals surface area contributed by atoms with Crippen LogP contribution in [0.25, 0.3) is 22.4 Å². The Kier molecular flexibility index (Phi) is 4.35. The molecule has 31 heavy (non-hydrogen) atoms. The van der Waals surface area contributed by atoms with Crippen LogP contribution in [0, 0.1) is 0 Å². The molecule has 0 saturated heterocycles. The Hall–Kier alpha value is -3.12. The van der Waals surface area contributed by atoms with E-state index < -0.39 is 0 Å². The van der Waals surface area contributed by atoms with Gasteiger partial charge in [-0.15, -0.1) is 5.10 Å². The SMILES string of the molecule is Cn1cc(-c2ccc3c(c2)C(Nc2ccc(Cl)cc2)CCn2nnc(C4CC4)c2-3)cn1. The maximum atomic E-state index is 6.10. The van der Waals surface area contributed by atoms with E-state index in [2.05, 4.69) is 49.8 Å². The van der Waals surface area contributed by atoms with E-state index in [-0.39, 0.29) is 6.04 Å². The van der Waals surface area contributed by atoms with Gasteiger partial charge in [-0.1, -0.05) is 28.9 Å². The Bertz CT molecular complexity index is 1250. The Labute approximate surface area is 185 Å². The first kappa shape index (κ1) is 18.6. The zero-order valence-electron chi connectivity index (χ0n) is 17.3. The second-order valence-corrected chi connectivity index (χ2v) is 8.95. The van der Waals surface area contributed by atoms with Gasteiger partial charge in [-0.2, -0.15) is 5.10 Å². The van der Waals surface area contributed by atoms with Gasteiger partial charge in [0.15, 0.2) is 0 Å². The van der Waals surface area contributed by atoms with Crippen molar-refractivity contribution >= 4 is 17.3 Å². The number of aryl methyl sites for hydroxylation is 2. The smallest absolute Gasteiger partial charge is 0.0937 e. The predicted molar refractivity (Wildman–Crippen MR) is 122 cm³/mol. The van der Waals surface area contributed by atoms with Gasteiger partial charge < -0.3 is 5.32 Å². The molecule has 0 spiro atoms.